The first-order valence-electron chi connectivity index (χ1n) is 14.9. The van der Waals surface area contributed by atoms with E-state index in [4.69, 9.17) is 15.0 Å². The van der Waals surface area contributed by atoms with Crippen molar-refractivity contribution in [1.29, 1.82) is 0 Å². The predicted molar refractivity (Wildman–Crippen MR) is 184 cm³/mol. The summed E-state index contributed by atoms with van der Waals surface area (Å²) in [6.45, 7) is 0. The fraction of sp³-hybridized carbons (Fsp3) is 0. The lowest BCUT2D eigenvalue weighted by atomic mass is 9.92. The minimum absolute atomic E-state index is 0.935. The van der Waals surface area contributed by atoms with E-state index in [1.54, 1.807) is 0 Å². The van der Waals surface area contributed by atoms with Crippen LogP contribution in [0.15, 0.2) is 152 Å². The van der Waals surface area contributed by atoms with Crippen molar-refractivity contribution < 1.29 is 0 Å². The van der Waals surface area contributed by atoms with E-state index in [2.05, 4.69) is 127 Å². The third-order valence-corrected chi connectivity index (χ3v) is 8.66. The summed E-state index contributed by atoms with van der Waals surface area (Å²) in [4.78, 5) is 14.6. The van der Waals surface area contributed by atoms with Gasteiger partial charge in [0.25, 0.3) is 0 Å². The molecule has 0 fully saturated rings. The molecule has 204 valence electrons. The zero-order valence-corrected chi connectivity index (χ0v) is 23.8. The lowest BCUT2D eigenvalue weighted by molar-refractivity contribution is 1.40. The fourth-order valence-corrected chi connectivity index (χ4v) is 6.44. The molecule has 3 aromatic heterocycles. The lowest BCUT2D eigenvalue weighted by Crippen LogP contribution is -1.91. The molecule has 0 saturated carbocycles. The lowest BCUT2D eigenvalue weighted by Gasteiger charge is -2.14. The van der Waals surface area contributed by atoms with Crippen molar-refractivity contribution in [3.05, 3.63) is 152 Å². The highest BCUT2D eigenvalue weighted by Gasteiger charge is 2.14. The molecule has 3 heterocycles. The molecule has 0 bridgehead atoms. The molecule has 0 aliphatic heterocycles. The molecule has 44 heavy (non-hydrogen) atoms. The standard InChI is InChI=1S/C41H25N3/c1-3-9-36-27(6-1)20-22-37(43-36)28-13-11-26(12-14-28)30-15-16-32-25-33(18-17-31(32)24-30)39-34-8-2-4-10-38(34)44-41-35(39)21-19-29-7-5-23-42-40(29)41/h1-25H. The first-order valence-corrected chi connectivity index (χ1v) is 14.9. The van der Waals surface area contributed by atoms with Crippen LogP contribution in [-0.2, 0) is 0 Å². The second-order valence-electron chi connectivity index (χ2n) is 11.3. The average molecular weight is 560 g/mol. The van der Waals surface area contributed by atoms with E-state index < -0.39 is 0 Å². The summed E-state index contributed by atoms with van der Waals surface area (Å²) < 4.78 is 0. The van der Waals surface area contributed by atoms with Crippen LogP contribution in [0.4, 0.5) is 0 Å². The van der Waals surface area contributed by atoms with E-state index in [9.17, 15) is 0 Å². The van der Waals surface area contributed by atoms with Crippen molar-refractivity contribution in [1.82, 2.24) is 15.0 Å². The molecule has 0 unspecified atom stereocenters. The van der Waals surface area contributed by atoms with Gasteiger partial charge in [-0.15, -0.1) is 0 Å². The highest BCUT2D eigenvalue weighted by Crippen LogP contribution is 2.38. The molecule has 0 atom stereocenters. The molecule has 0 spiro atoms. The van der Waals surface area contributed by atoms with Crippen molar-refractivity contribution >= 4 is 54.4 Å². The van der Waals surface area contributed by atoms with E-state index in [-0.39, 0.29) is 0 Å². The topological polar surface area (TPSA) is 38.7 Å². The summed E-state index contributed by atoms with van der Waals surface area (Å²) in [5.74, 6) is 0. The summed E-state index contributed by atoms with van der Waals surface area (Å²) >= 11 is 0. The van der Waals surface area contributed by atoms with Crippen LogP contribution in [0.2, 0.25) is 0 Å². The number of aromatic nitrogens is 3. The van der Waals surface area contributed by atoms with Gasteiger partial charge in [-0.3, -0.25) is 4.98 Å². The number of para-hydroxylation sites is 2. The molecule has 0 radical (unpaired) electrons. The van der Waals surface area contributed by atoms with Gasteiger partial charge in [0.2, 0.25) is 0 Å². The first-order chi connectivity index (χ1) is 21.8. The van der Waals surface area contributed by atoms with Gasteiger partial charge < -0.3 is 0 Å². The minimum Gasteiger partial charge on any atom is -0.254 e. The highest BCUT2D eigenvalue weighted by atomic mass is 14.7. The van der Waals surface area contributed by atoms with Gasteiger partial charge in [0.15, 0.2) is 0 Å². The zero-order chi connectivity index (χ0) is 29.0. The smallest absolute Gasteiger partial charge is 0.0978 e. The quantitative estimate of drug-likeness (QED) is 0.160. The van der Waals surface area contributed by atoms with Gasteiger partial charge in [-0.2, -0.15) is 0 Å². The summed E-state index contributed by atoms with van der Waals surface area (Å²) in [7, 11) is 0. The van der Waals surface area contributed by atoms with Gasteiger partial charge in [-0.1, -0.05) is 109 Å². The number of rotatable bonds is 3. The van der Waals surface area contributed by atoms with Gasteiger partial charge in [-0.25, -0.2) is 9.97 Å². The molecular formula is C41H25N3. The molecule has 0 saturated heterocycles. The highest BCUT2D eigenvalue weighted by molar-refractivity contribution is 6.16. The minimum atomic E-state index is 0.935. The van der Waals surface area contributed by atoms with Crippen LogP contribution in [0.5, 0.6) is 0 Å². The van der Waals surface area contributed by atoms with E-state index in [0.29, 0.717) is 0 Å². The third-order valence-electron chi connectivity index (χ3n) is 8.66. The maximum absolute atomic E-state index is 5.07. The third kappa shape index (κ3) is 4.02. The van der Waals surface area contributed by atoms with Crippen molar-refractivity contribution in [3.8, 4) is 33.5 Å². The number of benzene rings is 6. The van der Waals surface area contributed by atoms with Crippen molar-refractivity contribution in [2.24, 2.45) is 0 Å². The Labute approximate surface area is 254 Å². The van der Waals surface area contributed by atoms with Crippen LogP contribution >= 0.6 is 0 Å². The Kier molecular flexibility index (Phi) is 5.50. The zero-order valence-electron chi connectivity index (χ0n) is 23.8. The Morgan fingerprint density at radius 3 is 1.91 bits per heavy atom. The molecule has 9 aromatic rings. The Bertz CT molecular complexity index is 2550. The molecule has 0 aliphatic carbocycles. The van der Waals surface area contributed by atoms with E-state index >= 15 is 0 Å². The number of hydrogen-bond donors (Lipinski definition) is 0. The van der Waals surface area contributed by atoms with Crippen LogP contribution < -0.4 is 0 Å². The van der Waals surface area contributed by atoms with Gasteiger partial charge >= 0.3 is 0 Å². The maximum atomic E-state index is 5.07. The number of nitrogens with zero attached hydrogens (tertiary/aromatic N) is 3. The van der Waals surface area contributed by atoms with Crippen LogP contribution in [0.25, 0.3) is 87.9 Å². The Morgan fingerprint density at radius 1 is 0.364 bits per heavy atom. The summed E-state index contributed by atoms with van der Waals surface area (Å²) in [6.07, 6.45) is 1.85. The van der Waals surface area contributed by atoms with E-state index in [1.165, 1.54) is 33.0 Å². The van der Waals surface area contributed by atoms with Gasteiger partial charge in [0, 0.05) is 38.9 Å². The second-order valence-corrected chi connectivity index (χ2v) is 11.3. The summed E-state index contributed by atoms with van der Waals surface area (Å²) in [6, 6.07) is 51.5. The van der Waals surface area contributed by atoms with Gasteiger partial charge in [0.05, 0.1) is 27.8 Å². The Hall–Kier alpha value is -5.93. The monoisotopic (exact) mass is 559 g/mol. The molecule has 0 N–H and O–H groups in total. The second kappa shape index (κ2) is 9.82. The summed E-state index contributed by atoms with van der Waals surface area (Å²) in [5.41, 5.74) is 10.7. The van der Waals surface area contributed by atoms with E-state index in [0.717, 1.165) is 54.9 Å². The SMILES string of the molecule is c1ccc2nc(-c3ccc(-c4ccc5cc(-c6c7ccccc7nc7c6ccc6cccnc67)ccc5c4)cc3)ccc2c1. The molecule has 6 aromatic carbocycles. The molecule has 3 heteroatoms. The number of fused-ring (bicyclic) bond motifs is 6. The van der Waals surface area contributed by atoms with Crippen molar-refractivity contribution in [2.45, 2.75) is 0 Å². The molecule has 0 aliphatic rings. The fourth-order valence-electron chi connectivity index (χ4n) is 6.44. The largest absolute Gasteiger partial charge is 0.254 e. The van der Waals surface area contributed by atoms with Gasteiger partial charge in [-0.05, 0) is 63.9 Å². The van der Waals surface area contributed by atoms with Crippen molar-refractivity contribution in [2.75, 3.05) is 0 Å². The van der Waals surface area contributed by atoms with Crippen LogP contribution in [0, 0.1) is 0 Å². The maximum Gasteiger partial charge on any atom is 0.0978 e. The molecule has 9 rings (SSSR count). The van der Waals surface area contributed by atoms with Crippen LogP contribution in [-0.4, -0.2) is 15.0 Å². The normalized spacial score (nSPS) is 11.6. The van der Waals surface area contributed by atoms with Crippen LogP contribution in [0.1, 0.15) is 0 Å². The predicted octanol–water partition coefficient (Wildman–Crippen LogP) is 10.6. The molecule has 3 nitrogen and oxygen atoms in total. The number of pyridine rings is 3. The Balaban J connectivity index is 1.12. The van der Waals surface area contributed by atoms with E-state index in [1.807, 2.05) is 24.4 Å². The summed E-state index contributed by atoms with van der Waals surface area (Å²) in [5, 5.41) is 6.93. The average Bonchev–Trinajstić information content (AvgIpc) is 3.10. The Morgan fingerprint density at radius 2 is 1.02 bits per heavy atom. The first kappa shape index (κ1) is 24.6. The van der Waals surface area contributed by atoms with Gasteiger partial charge in [0.1, 0.15) is 0 Å². The molecular weight excluding hydrogens is 534 g/mol. The van der Waals surface area contributed by atoms with Crippen molar-refractivity contribution in [3.63, 3.8) is 0 Å². The molecule has 0 amide bonds. The number of hydrogen-bond acceptors (Lipinski definition) is 3. The van der Waals surface area contributed by atoms with Crippen LogP contribution in [0.3, 0.4) is 0 Å².